The fourth-order valence-electron chi connectivity index (χ4n) is 6.32. The predicted octanol–water partition coefficient (Wildman–Crippen LogP) is 0.766. The first kappa shape index (κ1) is 18.6. The fraction of sp³-hybridized carbons (Fsp3) is 0.850. The van der Waals surface area contributed by atoms with Crippen molar-refractivity contribution in [3.05, 3.63) is 11.1 Å². The van der Waals surface area contributed by atoms with Crippen molar-refractivity contribution < 1.29 is 30.0 Å². The number of ether oxygens (including phenoxy) is 1. The first-order chi connectivity index (χ1) is 12.0. The van der Waals surface area contributed by atoms with E-state index >= 15 is 0 Å². The van der Waals surface area contributed by atoms with Gasteiger partial charge >= 0.3 is 0 Å². The number of fused-ring (bicyclic) bond motifs is 6. The standard InChI is InChI=1S/C20H30O6/c1-9(2)13-14-11-7-12-10(8-21)16(23)20(25,26-12)19(11,4)6-5-18(14,3)17(24)15(13)22/h9-12,16-17,21,23-25H,5-8H2,1-4H3/t10-,11-,12-,16-,17-,18-,19-,20-/m1/s1. The minimum Gasteiger partial charge on any atom is -0.396 e. The van der Waals surface area contributed by atoms with Gasteiger partial charge in [-0.3, -0.25) is 4.79 Å². The second-order valence-electron chi connectivity index (χ2n) is 9.52. The van der Waals surface area contributed by atoms with Crippen molar-refractivity contribution in [2.45, 2.75) is 71.1 Å². The Morgan fingerprint density at radius 1 is 1.23 bits per heavy atom. The number of carbonyl (C=O) groups excluding carboxylic acids is 1. The van der Waals surface area contributed by atoms with Gasteiger partial charge in [-0.1, -0.05) is 33.3 Å². The van der Waals surface area contributed by atoms with E-state index in [0.717, 1.165) is 5.57 Å². The highest BCUT2D eigenvalue weighted by Crippen LogP contribution is 2.68. The zero-order chi connectivity index (χ0) is 19.2. The third-order valence-electron chi connectivity index (χ3n) is 7.99. The molecule has 6 nitrogen and oxygen atoms in total. The molecule has 8 atom stereocenters. The number of Topliss-reactive ketones (excluding diaryl/α,β-unsaturated/α-hetero) is 1. The molecule has 26 heavy (non-hydrogen) atoms. The molecule has 0 radical (unpaired) electrons. The van der Waals surface area contributed by atoms with Gasteiger partial charge < -0.3 is 25.2 Å². The van der Waals surface area contributed by atoms with Crippen LogP contribution < -0.4 is 0 Å². The number of aliphatic hydroxyl groups is 4. The Balaban J connectivity index is 1.91. The average Bonchev–Trinajstić information content (AvgIpc) is 2.92. The van der Waals surface area contributed by atoms with Crippen molar-refractivity contribution in [3.63, 3.8) is 0 Å². The van der Waals surface area contributed by atoms with Crippen LogP contribution in [0.1, 0.15) is 47.0 Å². The molecule has 2 bridgehead atoms. The Bertz CT molecular complexity index is 686. The third kappa shape index (κ3) is 1.87. The molecule has 0 spiro atoms. The minimum atomic E-state index is -1.75. The molecule has 0 amide bonds. The first-order valence-corrected chi connectivity index (χ1v) is 9.69. The molecule has 4 N–H and O–H groups in total. The van der Waals surface area contributed by atoms with Crippen LogP contribution in [0, 0.1) is 28.6 Å². The van der Waals surface area contributed by atoms with Crippen molar-refractivity contribution in [2.24, 2.45) is 28.6 Å². The van der Waals surface area contributed by atoms with Crippen LogP contribution in [0.2, 0.25) is 0 Å². The maximum atomic E-state index is 12.8. The molecule has 1 saturated carbocycles. The molecule has 0 unspecified atom stereocenters. The fourth-order valence-corrected chi connectivity index (χ4v) is 6.32. The Hall–Kier alpha value is -0.790. The summed E-state index contributed by atoms with van der Waals surface area (Å²) >= 11 is 0. The van der Waals surface area contributed by atoms with Crippen molar-refractivity contribution in [3.8, 4) is 0 Å². The van der Waals surface area contributed by atoms with E-state index in [0.29, 0.717) is 24.8 Å². The van der Waals surface area contributed by atoms with Gasteiger partial charge in [-0.2, -0.15) is 0 Å². The number of aliphatic hydroxyl groups excluding tert-OH is 3. The maximum absolute atomic E-state index is 12.8. The highest BCUT2D eigenvalue weighted by atomic mass is 16.7. The summed E-state index contributed by atoms with van der Waals surface area (Å²) in [4.78, 5) is 12.8. The Kier molecular flexibility index (Phi) is 3.85. The summed E-state index contributed by atoms with van der Waals surface area (Å²) in [6.07, 6.45) is -1.07. The van der Waals surface area contributed by atoms with Crippen LogP contribution in [-0.2, 0) is 9.53 Å². The van der Waals surface area contributed by atoms with Crippen LogP contribution in [-0.4, -0.2) is 56.9 Å². The zero-order valence-corrected chi connectivity index (χ0v) is 15.9. The van der Waals surface area contributed by atoms with Gasteiger partial charge in [-0.25, -0.2) is 0 Å². The van der Waals surface area contributed by atoms with E-state index in [1.807, 2.05) is 27.7 Å². The van der Waals surface area contributed by atoms with Crippen molar-refractivity contribution in [1.82, 2.24) is 0 Å². The van der Waals surface area contributed by atoms with E-state index in [-0.39, 0.29) is 24.2 Å². The Morgan fingerprint density at radius 3 is 2.46 bits per heavy atom. The number of rotatable bonds is 2. The summed E-state index contributed by atoms with van der Waals surface area (Å²) in [5.41, 5.74) is 0.215. The average molecular weight is 366 g/mol. The summed E-state index contributed by atoms with van der Waals surface area (Å²) in [5, 5.41) is 42.5. The molecule has 0 aromatic rings. The molecule has 6 heteroatoms. The summed E-state index contributed by atoms with van der Waals surface area (Å²) in [7, 11) is 0. The van der Waals surface area contributed by atoms with Gasteiger partial charge in [-0.05, 0) is 31.1 Å². The van der Waals surface area contributed by atoms with Gasteiger partial charge in [0.25, 0.3) is 0 Å². The van der Waals surface area contributed by atoms with E-state index in [2.05, 4.69) is 0 Å². The highest BCUT2D eigenvalue weighted by Gasteiger charge is 2.72. The summed E-state index contributed by atoms with van der Waals surface area (Å²) in [6, 6.07) is 0. The van der Waals surface area contributed by atoms with E-state index in [4.69, 9.17) is 4.74 Å². The molecule has 2 aliphatic carbocycles. The molecule has 2 saturated heterocycles. The molecule has 2 aliphatic heterocycles. The molecule has 146 valence electrons. The predicted molar refractivity (Wildman–Crippen MR) is 92.8 cm³/mol. The number of ketones is 1. The summed E-state index contributed by atoms with van der Waals surface area (Å²) < 4.78 is 5.88. The quantitative estimate of drug-likeness (QED) is 0.575. The topological polar surface area (TPSA) is 107 Å². The molecule has 0 aromatic heterocycles. The lowest BCUT2D eigenvalue weighted by atomic mass is 9.52. The van der Waals surface area contributed by atoms with E-state index < -0.39 is 40.8 Å². The molecule has 3 fully saturated rings. The molecule has 4 rings (SSSR count). The molecule has 4 aliphatic rings. The minimum absolute atomic E-state index is 0.0231. The maximum Gasteiger partial charge on any atom is 0.198 e. The monoisotopic (exact) mass is 366 g/mol. The SMILES string of the molecule is CC(C)C1=C2[C@H]3C[C@H]4O[C@](O)([C@H](O)[C@@H]4CO)[C@]3(C)CC[C@@]2(C)[C@H](O)C1=O. The Morgan fingerprint density at radius 2 is 1.88 bits per heavy atom. The van der Waals surface area contributed by atoms with Gasteiger partial charge in [0.2, 0.25) is 0 Å². The first-order valence-electron chi connectivity index (χ1n) is 9.69. The summed E-state index contributed by atoms with van der Waals surface area (Å²) in [5.74, 6) is -2.69. The Labute approximate surface area is 153 Å². The van der Waals surface area contributed by atoms with Gasteiger partial charge in [0.15, 0.2) is 11.6 Å². The smallest absolute Gasteiger partial charge is 0.198 e. The molecular formula is C20H30O6. The lowest BCUT2D eigenvalue weighted by Gasteiger charge is -2.58. The lowest BCUT2D eigenvalue weighted by Crippen LogP contribution is -2.62. The highest BCUT2D eigenvalue weighted by molar-refractivity contribution is 6.04. The normalized spacial score (nSPS) is 53.3. The van der Waals surface area contributed by atoms with Crippen LogP contribution in [0.5, 0.6) is 0 Å². The van der Waals surface area contributed by atoms with Crippen LogP contribution in [0.15, 0.2) is 11.1 Å². The third-order valence-corrected chi connectivity index (χ3v) is 7.99. The van der Waals surface area contributed by atoms with Gasteiger partial charge in [-0.15, -0.1) is 0 Å². The molecule has 2 heterocycles. The van der Waals surface area contributed by atoms with Gasteiger partial charge in [0.05, 0.1) is 12.7 Å². The van der Waals surface area contributed by atoms with Crippen LogP contribution >= 0.6 is 0 Å². The van der Waals surface area contributed by atoms with Crippen molar-refractivity contribution in [1.29, 1.82) is 0 Å². The second kappa shape index (κ2) is 5.39. The molecule has 0 aromatic carbocycles. The van der Waals surface area contributed by atoms with E-state index in [1.165, 1.54) is 0 Å². The van der Waals surface area contributed by atoms with Crippen LogP contribution in [0.4, 0.5) is 0 Å². The second-order valence-corrected chi connectivity index (χ2v) is 9.52. The van der Waals surface area contributed by atoms with Gasteiger partial charge in [0.1, 0.15) is 12.2 Å². The van der Waals surface area contributed by atoms with Crippen molar-refractivity contribution >= 4 is 5.78 Å². The largest absolute Gasteiger partial charge is 0.396 e. The van der Waals surface area contributed by atoms with E-state index in [1.54, 1.807) is 0 Å². The van der Waals surface area contributed by atoms with Crippen molar-refractivity contribution in [2.75, 3.05) is 6.61 Å². The van der Waals surface area contributed by atoms with Gasteiger partial charge in [0, 0.05) is 22.3 Å². The van der Waals surface area contributed by atoms with E-state index in [9.17, 15) is 25.2 Å². The summed E-state index contributed by atoms with van der Waals surface area (Å²) in [6.45, 7) is 7.51. The van der Waals surface area contributed by atoms with Crippen LogP contribution in [0.25, 0.3) is 0 Å². The lowest BCUT2D eigenvalue weighted by molar-refractivity contribution is -0.328. The number of hydrogen-bond acceptors (Lipinski definition) is 6. The number of carbonyl (C=O) groups is 1. The molecular weight excluding hydrogens is 336 g/mol. The van der Waals surface area contributed by atoms with Crippen LogP contribution in [0.3, 0.4) is 0 Å². The number of hydrogen-bond donors (Lipinski definition) is 4. The zero-order valence-electron chi connectivity index (χ0n) is 15.9.